The first kappa shape index (κ1) is 12.0. The molecule has 0 aromatic heterocycles. The second-order valence-electron chi connectivity index (χ2n) is 5.52. The molecule has 1 fully saturated rings. The molecule has 1 saturated carbocycles. The minimum absolute atomic E-state index is 0.0212. The van der Waals surface area contributed by atoms with Crippen molar-refractivity contribution in [1.82, 2.24) is 5.32 Å². The maximum absolute atomic E-state index is 11.1. The lowest BCUT2D eigenvalue weighted by Crippen LogP contribution is -2.43. The Labute approximate surface area is 91.9 Å². The third-order valence-corrected chi connectivity index (χ3v) is 3.53. The average Bonchev–Trinajstić information content (AvgIpc) is 2.47. The lowest BCUT2D eigenvalue weighted by molar-refractivity contribution is -0.120. The molecule has 0 heterocycles. The van der Waals surface area contributed by atoms with Crippen LogP contribution in [0.5, 0.6) is 0 Å². The minimum atomic E-state index is -0.282. The monoisotopic (exact) mass is 208 g/mol. The molecule has 2 atom stereocenters. The van der Waals surface area contributed by atoms with E-state index in [1.165, 1.54) is 0 Å². The molecule has 0 spiro atoms. The predicted molar refractivity (Wildman–Crippen MR) is 59.0 cm³/mol. The van der Waals surface area contributed by atoms with Crippen molar-refractivity contribution in [3.05, 3.63) is 0 Å². The molecule has 0 unspecified atom stereocenters. The van der Waals surface area contributed by atoms with E-state index in [-0.39, 0.29) is 16.9 Å². The van der Waals surface area contributed by atoms with Crippen LogP contribution in [-0.2, 0) is 4.79 Å². The van der Waals surface area contributed by atoms with E-state index in [1.807, 2.05) is 13.8 Å². The summed E-state index contributed by atoms with van der Waals surface area (Å²) in [4.78, 5) is 11.1. The van der Waals surface area contributed by atoms with E-state index in [0.29, 0.717) is 5.92 Å². The third-order valence-electron chi connectivity index (χ3n) is 3.53. The van der Waals surface area contributed by atoms with Crippen LogP contribution in [0.25, 0.3) is 0 Å². The predicted octanol–water partition coefficient (Wildman–Crippen LogP) is 2.23. The Hall–Kier alpha value is -1.04. The number of nitrogens with zero attached hydrogens (tertiary/aromatic N) is 1. The zero-order valence-electron chi connectivity index (χ0n) is 10.1. The van der Waals surface area contributed by atoms with E-state index < -0.39 is 0 Å². The van der Waals surface area contributed by atoms with Gasteiger partial charge in [-0.2, -0.15) is 5.26 Å². The van der Waals surface area contributed by atoms with Crippen LogP contribution >= 0.6 is 0 Å². The van der Waals surface area contributed by atoms with Crippen molar-refractivity contribution >= 4 is 5.91 Å². The van der Waals surface area contributed by atoms with Gasteiger partial charge in [0.25, 0.3) is 0 Å². The second-order valence-corrected chi connectivity index (χ2v) is 5.52. The van der Waals surface area contributed by atoms with Crippen molar-refractivity contribution in [2.75, 3.05) is 0 Å². The standard InChI is InChI=1S/C12H20N2O/c1-9(15)14-12(4)6-5-10(7-12)11(2,3)8-13/h10H,5-7H2,1-4H3,(H,14,15)/t10-,12+/m0/s1. The Morgan fingerprint density at radius 1 is 1.60 bits per heavy atom. The van der Waals surface area contributed by atoms with Crippen molar-refractivity contribution in [2.45, 2.75) is 52.5 Å². The molecule has 15 heavy (non-hydrogen) atoms. The molecule has 0 aliphatic heterocycles. The molecule has 1 aliphatic carbocycles. The van der Waals surface area contributed by atoms with Crippen LogP contribution in [0, 0.1) is 22.7 Å². The molecule has 0 aromatic carbocycles. The van der Waals surface area contributed by atoms with Gasteiger partial charge in [-0.1, -0.05) is 0 Å². The summed E-state index contributed by atoms with van der Waals surface area (Å²) < 4.78 is 0. The van der Waals surface area contributed by atoms with Crippen molar-refractivity contribution in [2.24, 2.45) is 11.3 Å². The van der Waals surface area contributed by atoms with Crippen LogP contribution in [0.3, 0.4) is 0 Å². The molecule has 0 bridgehead atoms. The Kier molecular flexibility index (Phi) is 3.08. The quantitative estimate of drug-likeness (QED) is 0.756. The van der Waals surface area contributed by atoms with Crippen LogP contribution in [-0.4, -0.2) is 11.4 Å². The second kappa shape index (κ2) is 3.84. The molecule has 1 amide bonds. The molecule has 1 rings (SSSR count). The van der Waals surface area contributed by atoms with Gasteiger partial charge < -0.3 is 5.32 Å². The lowest BCUT2D eigenvalue weighted by Gasteiger charge is -2.28. The van der Waals surface area contributed by atoms with Crippen molar-refractivity contribution < 1.29 is 4.79 Å². The van der Waals surface area contributed by atoms with Gasteiger partial charge in [-0.15, -0.1) is 0 Å². The van der Waals surface area contributed by atoms with Crippen LogP contribution in [0.4, 0.5) is 0 Å². The molecule has 84 valence electrons. The number of nitriles is 1. The van der Waals surface area contributed by atoms with Crippen molar-refractivity contribution in [3.8, 4) is 6.07 Å². The van der Waals surface area contributed by atoms with Gasteiger partial charge >= 0.3 is 0 Å². The van der Waals surface area contributed by atoms with Crippen LogP contribution < -0.4 is 5.32 Å². The smallest absolute Gasteiger partial charge is 0.217 e. The van der Waals surface area contributed by atoms with Gasteiger partial charge in [0.2, 0.25) is 5.91 Å². The Morgan fingerprint density at radius 3 is 2.67 bits per heavy atom. The summed E-state index contributed by atoms with van der Waals surface area (Å²) in [5.74, 6) is 0.410. The first-order valence-corrected chi connectivity index (χ1v) is 5.49. The normalized spacial score (nSPS) is 31.0. The van der Waals surface area contributed by atoms with Gasteiger partial charge in [-0.3, -0.25) is 4.79 Å². The molecule has 1 N–H and O–H groups in total. The Bertz CT molecular complexity index is 303. The number of carbonyl (C=O) groups is 1. The fourth-order valence-corrected chi connectivity index (χ4v) is 2.49. The van der Waals surface area contributed by atoms with Crippen molar-refractivity contribution in [3.63, 3.8) is 0 Å². The van der Waals surface area contributed by atoms with Crippen molar-refractivity contribution in [1.29, 1.82) is 5.26 Å². The molecule has 3 nitrogen and oxygen atoms in total. The highest BCUT2D eigenvalue weighted by molar-refractivity contribution is 5.73. The highest BCUT2D eigenvalue weighted by Crippen LogP contribution is 2.43. The zero-order valence-corrected chi connectivity index (χ0v) is 10.1. The number of hydrogen-bond donors (Lipinski definition) is 1. The zero-order chi connectivity index (χ0) is 11.7. The number of nitrogens with one attached hydrogen (secondary N) is 1. The summed E-state index contributed by atoms with van der Waals surface area (Å²) in [6.45, 7) is 7.59. The summed E-state index contributed by atoms with van der Waals surface area (Å²) in [5.41, 5.74) is -0.388. The summed E-state index contributed by atoms with van der Waals surface area (Å²) in [5, 5.41) is 12.1. The van der Waals surface area contributed by atoms with E-state index in [1.54, 1.807) is 6.92 Å². The number of carbonyl (C=O) groups excluding carboxylic acids is 1. The van der Waals surface area contributed by atoms with E-state index in [2.05, 4.69) is 18.3 Å². The van der Waals surface area contributed by atoms with E-state index in [9.17, 15) is 4.79 Å². The van der Waals surface area contributed by atoms with Crippen LogP contribution in [0.1, 0.15) is 47.0 Å². The molecule has 0 radical (unpaired) electrons. The molecule has 3 heteroatoms. The summed E-state index contributed by atoms with van der Waals surface area (Å²) >= 11 is 0. The van der Waals surface area contributed by atoms with Gasteiger partial charge in [0.15, 0.2) is 0 Å². The molecular weight excluding hydrogens is 188 g/mol. The van der Waals surface area contributed by atoms with Gasteiger partial charge in [0.05, 0.1) is 11.5 Å². The van der Waals surface area contributed by atoms with Gasteiger partial charge in [0.1, 0.15) is 0 Å². The first-order chi connectivity index (χ1) is 6.79. The van der Waals surface area contributed by atoms with Gasteiger partial charge in [-0.25, -0.2) is 0 Å². The molecular formula is C12H20N2O. The maximum Gasteiger partial charge on any atom is 0.217 e. The molecule has 0 aromatic rings. The fourth-order valence-electron chi connectivity index (χ4n) is 2.49. The van der Waals surface area contributed by atoms with Gasteiger partial charge in [-0.05, 0) is 46.0 Å². The van der Waals surface area contributed by atoms with Gasteiger partial charge in [0, 0.05) is 12.5 Å². The van der Waals surface area contributed by atoms with E-state index in [0.717, 1.165) is 19.3 Å². The Morgan fingerprint density at radius 2 is 2.20 bits per heavy atom. The Balaban J connectivity index is 2.67. The SMILES string of the molecule is CC(=O)N[C@]1(C)CC[C@H](C(C)(C)C#N)C1. The van der Waals surface area contributed by atoms with E-state index >= 15 is 0 Å². The maximum atomic E-state index is 11.1. The number of amides is 1. The number of hydrogen-bond acceptors (Lipinski definition) is 2. The van der Waals surface area contributed by atoms with Crippen LogP contribution in [0.2, 0.25) is 0 Å². The lowest BCUT2D eigenvalue weighted by atomic mass is 9.78. The van der Waals surface area contributed by atoms with E-state index in [4.69, 9.17) is 5.26 Å². The third kappa shape index (κ3) is 2.71. The molecule has 0 saturated heterocycles. The largest absolute Gasteiger partial charge is 0.351 e. The average molecular weight is 208 g/mol. The summed E-state index contributed by atoms with van der Waals surface area (Å²) in [6, 6.07) is 2.36. The fraction of sp³-hybridized carbons (Fsp3) is 0.833. The molecule has 1 aliphatic rings. The minimum Gasteiger partial charge on any atom is -0.351 e. The highest BCUT2D eigenvalue weighted by Gasteiger charge is 2.42. The number of rotatable bonds is 2. The van der Waals surface area contributed by atoms with Crippen LogP contribution in [0.15, 0.2) is 0 Å². The first-order valence-electron chi connectivity index (χ1n) is 5.49. The summed E-state index contributed by atoms with van der Waals surface area (Å²) in [6.07, 6.45) is 2.91. The highest BCUT2D eigenvalue weighted by atomic mass is 16.1. The summed E-state index contributed by atoms with van der Waals surface area (Å²) in [7, 11) is 0. The topological polar surface area (TPSA) is 52.9 Å².